The molecule has 0 bridgehead atoms. The van der Waals surface area contributed by atoms with Crippen molar-refractivity contribution in [1.82, 2.24) is 4.90 Å². The van der Waals surface area contributed by atoms with Crippen molar-refractivity contribution in [3.63, 3.8) is 0 Å². The van der Waals surface area contributed by atoms with Crippen molar-refractivity contribution in [3.8, 4) is 0 Å². The van der Waals surface area contributed by atoms with Crippen molar-refractivity contribution < 1.29 is 19.1 Å². The molecule has 0 aliphatic carbocycles. The van der Waals surface area contributed by atoms with Gasteiger partial charge in [0.2, 0.25) is 0 Å². The Hall–Kier alpha value is -2.58. The Labute approximate surface area is 165 Å². The fourth-order valence-electron chi connectivity index (χ4n) is 2.94. The van der Waals surface area contributed by atoms with Crippen LogP contribution in [-0.4, -0.2) is 36.0 Å². The number of hydrogen-bond acceptors (Lipinski definition) is 5. The van der Waals surface area contributed by atoms with Gasteiger partial charge in [-0.15, -0.1) is 11.3 Å². The molecule has 1 aliphatic rings. The van der Waals surface area contributed by atoms with E-state index in [0.29, 0.717) is 40.7 Å². The van der Waals surface area contributed by atoms with E-state index in [9.17, 15) is 14.4 Å². The number of primary amides is 1. The first kappa shape index (κ1) is 19.2. The summed E-state index contributed by atoms with van der Waals surface area (Å²) in [5.41, 5.74) is 6.91. The fraction of sp³-hybridized carbons (Fsp3) is 0.278. The molecule has 2 aromatic rings. The molecule has 0 saturated heterocycles. The van der Waals surface area contributed by atoms with Crippen LogP contribution in [0.5, 0.6) is 0 Å². The SMILES string of the molecule is CCOC(=O)N1CCc2c(sc(NC(=O)c3ccccc3Cl)c2C(N)=O)C1. The number of nitrogens with one attached hydrogen (secondary N) is 1. The Balaban J connectivity index is 1.89. The molecule has 9 heteroatoms. The number of nitrogens with two attached hydrogens (primary N) is 1. The average molecular weight is 408 g/mol. The molecule has 0 radical (unpaired) electrons. The molecule has 3 rings (SSSR count). The van der Waals surface area contributed by atoms with E-state index in [1.165, 1.54) is 11.3 Å². The number of fused-ring (bicyclic) bond motifs is 1. The molecular weight excluding hydrogens is 390 g/mol. The lowest BCUT2D eigenvalue weighted by Crippen LogP contribution is -2.36. The highest BCUT2D eigenvalue weighted by Gasteiger charge is 2.30. The van der Waals surface area contributed by atoms with E-state index in [-0.39, 0.29) is 6.61 Å². The number of hydrogen-bond donors (Lipinski definition) is 2. The lowest BCUT2D eigenvalue weighted by Gasteiger charge is -2.26. The van der Waals surface area contributed by atoms with Crippen LogP contribution in [-0.2, 0) is 17.7 Å². The highest BCUT2D eigenvalue weighted by molar-refractivity contribution is 7.17. The van der Waals surface area contributed by atoms with Gasteiger partial charge in [-0.3, -0.25) is 9.59 Å². The second kappa shape index (κ2) is 7.98. The molecule has 1 aromatic carbocycles. The predicted octanol–water partition coefficient (Wildman–Crippen LogP) is 3.27. The second-order valence-corrected chi connectivity index (χ2v) is 7.39. The Morgan fingerprint density at radius 3 is 2.74 bits per heavy atom. The number of thiophene rings is 1. The van der Waals surface area contributed by atoms with Gasteiger partial charge in [-0.2, -0.15) is 0 Å². The first-order valence-corrected chi connectivity index (χ1v) is 9.53. The van der Waals surface area contributed by atoms with E-state index in [1.807, 2.05) is 0 Å². The van der Waals surface area contributed by atoms with Crippen molar-refractivity contribution in [2.45, 2.75) is 19.9 Å². The standard InChI is InChI=1S/C18H18ClN3O4S/c1-2-26-18(25)22-8-7-11-13(9-22)27-17(14(11)15(20)23)21-16(24)10-5-3-4-6-12(10)19/h3-6H,2,7-9H2,1H3,(H2,20,23)(H,21,24). The molecule has 3 amide bonds. The van der Waals surface area contributed by atoms with Crippen LogP contribution in [0.15, 0.2) is 24.3 Å². The molecule has 142 valence electrons. The molecule has 27 heavy (non-hydrogen) atoms. The molecule has 2 heterocycles. The lowest BCUT2D eigenvalue weighted by molar-refractivity contribution is 0.0997. The van der Waals surface area contributed by atoms with Crippen molar-refractivity contribution in [2.75, 3.05) is 18.5 Å². The quantitative estimate of drug-likeness (QED) is 0.811. The van der Waals surface area contributed by atoms with Crippen LogP contribution in [0.1, 0.15) is 38.1 Å². The smallest absolute Gasteiger partial charge is 0.410 e. The van der Waals surface area contributed by atoms with E-state index in [1.54, 1.807) is 36.1 Å². The number of anilines is 1. The first-order valence-electron chi connectivity index (χ1n) is 8.34. The van der Waals surface area contributed by atoms with Crippen molar-refractivity contribution in [3.05, 3.63) is 50.9 Å². The summed E-state index contributed by atoms with van der Waals surface area (Å²) < 4.78 is 5.03. The highest BCUT2D eigenvalue weighted by Crippen LogP contribution is 2.37. The Bertz CT molecular complexity index is 912. The zero-order valence-electron chi connectivity index (χ0n) is 14.6. The van der Waals surface area contributed by atoms with Gasteiger partial charge in [-0.25, -0.2) is 4.79 Å². The second-order valence-electron chi connectivity index (χ2n) is 5.88. The third-order valence-electron chi connectivity index (χ3n) is 4.17. The molecule has 0 saturated carbocycles. The van der Waals surface area contributed by atoms with Gasteiger partial charge in [0, 0.05) is 11.4 Å². The van der Waals surface area contributed by atoms with E-state index in [2.05, 4.69) is 5.32 Å². The molecule has 0 unspecified atom stereocenters. The van der Waals surface area contributed by atoms with Crippen LogP contribution in [0.4, 0.5) is 9.80 Å². The van der Waals surface area contributed by atoms with E-state index in [0.717, 1.165) is 10.4 Å². The average Bonchev–Trinajstić information content (AvgIpc) is 2.99. The number of carbonyl (C=O) groups excluding carboxylic acids is 3. The molecular formula is C18H18ClN3O4S. The number of nitrogens with zero attached hydrogens (tertiary/aromatic N) is 1. The lowest BCUT2D eigenvalue weighted by atomic mass is 10.0. The van der Waals surface area contributed by atoms with Gasteiger partial charge in [-0.1, -0.05) is 23.7 Å². The third-order valence-corrected chi connectivity index (χ3v) is 5.64. The molecule has 3 N–H and O–H groups in total. The topological polar surface area (TPSA) is 102 Å². The number of ether oxygens (including phenoxy) is 1. The maximum Gasteiger partial charge on any atom is 0.410 e. The van der Waals surface area contributed by atoms with Crippen LogP contribution >= 0.6 is 22.9 Å². The zero-order chi connectivity index (χ0) is 19.6. The Kier molecular flexibility index (Phi) is 5.67. The molecule has 7 nitrogen and oxygen atoms in total. The first-order chi connectivity index (χ1) is 12.9. The Morgan fingerprint density at radius 2 is 2.07 bits per heavy atom. The summed E-state index contributed by atoms with van der Waals surface area (Å²) >= 11 is 7.30. The molecule has 0 spiro atoms. The molecule has 0 atom stereocenters. The van der Waals surface area contributed by atoms with Crippen LogP contribution in [0.25, 0.3) is 0 Å². The van der Waals surface area contributed by atoms with E-state index in [4.69, 9.17) is 22.1 Å². The summed E-state index contributed by atoms with van der Waals surface area (Å²) in [7, 11) is 0. The van der Waals surface area contributed by atoms with Crippen molar-refractivity contribution in [2.24, 2.45) is 5.73 Å². The monoisotopic (exact) mass is 407 g/mol. The maximum absolute atomic E-state index is 12.6. The van der Waals surface area contributed by atoms with Gasteiger partial charge in [0.15, 0.2) is 0 Å². The molecule has 0 fully saturated rings. The highest BCUT2D eigenvalue weighted by atomic mass is 35.5. The van der Waals surface area contributed by atoms with Gasteiger partial charge in [0.25, 0.3) is 11.8 Å². The minimum Gasteiger partial charge on any atom is -0.450 e. The fourth-order valence-corrected chi connectivity index (χ4v) is 4.42. The van der Waals surface area contributed by atoms with E-state index < -0.39 is 17.9 Å². The summed E-state index contributed by atoms with van der Waals surface area (Å²) in [5, 5.41) is 3.41. The number of halogens is 1. The van der Waals surface area contributed by atoms with Gasteiger partial charge in [0.1, 0.15) is 5.00 Å². The molecule has 1 aliphatic heterocycles. The van der Waals surface area contributed by atoms with Gasteiger partial charge in [0.05, 0.1) is 29.3 Å². The van der Waals surface area contributed by atoms with Crippen LogP contribution in [0.3, 0.4) is 0 Å². The largest absolute Gasteiger partial charge is 0.450 e. The van der Waals surface area contributed by atoms with Crippen molar-refractivity contribution >= 4 is 45.8 Å². The van der Waals surface area contributed by atoms with Gasteiger partial charge >= 0.3 is 6.09 Å². The van der Waals surface area contributed by atoms with Crippen molar-refractivity contribution in [1.29, 1.82) is 0 Å². The summed E-state index contributed by atoms with van der Waals surface area (Å²) in [4.78, 5) is 38.9. The summed E-state index contributed by atoms with van der Waals surface area (Å²) in [5.74, 6) is -1.05. The third kappa shape index (κ3) is 3.91. The Morgan fingerprint density at radius 1 is 1.33 bits per heavy atom. The minimum absolute atomic E-state index is 0.290. The summed E-state index contributed by atoms with van der Waals surface area (Å²) in [6.45, 7) is 2.76. The van der Waals surface area contributed by atoms with Gasteiger partial charge < -0.3 is 20.7 Å². The zero-order valence-corrected chi connectivity index (χ0v) is 16.2. The van der Waals surface area contributed by atoms with Crippen LogP contribution in [0.2, 0.25) is 5.02 Å². The summed E-state index contributed by atoms with van der Waals surface area (Å²) in [6, 6.07) is 6.63. The normalized spacial score (nSPS) is 13.0. The predicted molar refractivity (Wildman–Crippen MR) is 103 cm³/mol. The number of carbonyl (C=O) groups is 3. The minimum atomic E-state index is -0.619. The molecule has 1 aromatic heterocycles. The number of benzene rings is 1. The van der Waals surface area contributed by atoms with Gasteiger partial charge in [-0.05, 0) is 31.0 Å². The van der Waals surface area contributed by atoms with Crippen LogP contribution < -0.4 is 11.1 Å². The van der Waals surface area contributed by atoms with Crippen LogP contribution in [0, 0.1) is 0 Å². The summed E-state index contributed by atoms with van der Waals surface area (Å²) in [6.07, 6.45) is 0.0593. The number of amides is 3. The number of rotatable bonds is 4. The van der Waals surface area contributed by atoms with E-state index >= 15 is 0 Å². The maximum atomic E-state index is 12.6.